The van der Waals surface area contributed by atoms with E-state index >= 15 is 0 Å². The van der Waals surface area contributed by atoms with E-state index in [-0.39, 0.29) is 12.0 Å². The number of benzene rings is 2. The van der Waals surface area contributed by atoms with Crippen molar-refractivity contribution in [3.05, 3.63) is 54.1 Å². The van der Waals surface area contributed by atoms with Crippen LogP contribution in [0.5, 0.6) is 17.2 Å². The molecule has 1 aliphatic rings. The van der Waals surface area contributed by atoms with Gasteiger partial charge >= 0.3 is 0 Å². The highest BCUT2D eigenvalue weighted by molar-refractivity contribution is 5.94. The zero-order chi connectivity index (χ0) is 16.9. The van der Waals surface area contributed by atoms with Crippen molar-refractivity contribution in [1.82, 2.24) is 4.90 Å². The Bertz CT molecular complexity index is 699. The summed E-state index contributed by atoms with van der Waals surface area (Å²) in [6.45, 7) is 3.48. The third-order valence-electron chi connectivity index (χ3n) is 4.00. The van der Waals surface area contributed by atoms with Crippen molar-refractivity contribution in [3.8, 4) is 17.2 Å². The maximum atomic E-state index is 12.7. The van der Waals surface area contributed by atoms with Gasteiger partial charge in [-0.2, -0.15) is 0 Å². The summed E-state index contributed by atoms with van der Waals surface area (Å²) in [5, 5.41) is 0. The smallest absolute Gasteiger partial charge is 0.253 e. The fourth-order valence-electron chi connectivity index (χ4n) is 2.67. The van der Waals surface area contributed by atoms with Crippen molar-refractivity contribution in [1.29, 1.82) is 0 Å². The van der Waals surface area contributed by atoms with Crippen LogP contribution in [0.4, 0.5) is 0 Å². The van der Waals surface area contributed by atoms with E-state index in [2.05, 4.69) is 0 Å². The van der Waals surface area contributed by atoms with Crippen LogP contribution in [0, 0.1) is 0 Å². The van der Waals surface area contributed by atoms with Gasteiger partial charge in [0.1, 0.15) is 12.4 Å². The number of likely N-dealkylation sites (N-methyl/N-ethyl adjacent to an activating group) is 1. The van der Waals surface area contributed by atoms with E-state index in [1.165, 1.54) is 0 Å². The van der Waals surface area contributed by atoms with Crippen molar-refractivity contribution in [2.45, 2.75) is 13.0 Å². The van der Waals surface area contributed by atoms with Crippen molar-refractivity contribution in [2.75, 3.05) is 26.8 Å². The number of carbonyl (C=O) groups excluding carboxylic acids is 1. The Hall–Kier alpha value is -2.69. The quantitative estimate of drug-likeness (QED) is 0.847. The number of nitrogens with zero attached hydrogens (tertiary/aromatic N) is 1. The number of ether oxygens (including phenoxy) is 3. The number of rotatable bonds is 5. The molecule has 1 amide bonds. The van der Waals surface area contributed by atoms with Gasteiger partial charge in [-0.3, -0.25) is 4.79 Å². The highest BCUT2D eigenvalue weighted by Gasteiger charge is 2.25. The molecule has 0 fully saturated rings. The minimum atomic E-state index is -0.179. The molecule has 0 N–H and O–H groups in total. The van der Waals surface area contributed by atoms with Crippen LogP contribution in [0.15, 0.2) is 48.5 Å². The lowest BCUT2D eigenvalue weighted by atomic mass is 10.1. The predicted octanol–water partition coefficient (Wildman–Crippen LogP) is 3.00. The number of methoxy groups -OCH3 is 1. The molecular weight excluding hydrogens is 306 g/mol. The van der Waals surface area contributed by atoms with Crippen molar-refractivity contribution in [3.63, 3.8) is 0 Å². The third-order valence-corrected chi connectivity index (χ3v) is 4.00. The summed E-state index contributed by atoms with van der Waals surface area (Å²) in [4.78, 5) is 14.5. The lowest BCUT2D eigenvalue weighted by Gasteiger charge is -2.31. The molecular formula is C19H21NO4. The summed E-state index contributed by atoms with van der Waals surface area (Å²) in [5.41, 5.74) is 0.634. The van der Waals surface area contributed by atoms with Gasteiger partial charge in [0, 0.05) is 12.1 Å². The standard InChI is InChI=1S/C19H21NO4/c1-3-20(19(21)14-8-10-15(22-2)11-9-14)12-16-13-23-17-6-4-5-7-18(17)24-16/h4-11,16H,3,12-13H2,1-2H3. The molecule has 0 saturated carbocycles. The van der Waals surface area contributed by atoms with Crippen LogP contribution in [-0.4, -0.2) is 43.7 Å². The first-order valence-corrected chi connectivity index (χ1v) is 8.03. The SMILES string of the molecule is CCN(CC1COc2ccccc2O1)C(=O)c1ccc(OC)cc1. The van der Waals surface area contributed by atoms with E-state index in [0.29, 0.717) is 25.3 Å². The number of amides is 1. The van der Waals surface area contributed by atoms with E-state index in [4.69, 9.17) is 14.2 Å². The summed E-state index contributed by atoms with van der Waals surface area (Å²) in [5.74, 6) is 2.18. The van der Waals surface area contributed by atoms with Crippen LogP contribution in [0.25, 0.3) is 0 Å². The second-order valence-electron chi connectivity index (χ2n) is 5.57. The average molecular weight is 327 g/mol. The Morgan fingerprint density at radius 3 is 2.54 bits per heavy atom. The molecule has 1 aliphatic heterocycles. The van der Waals surface area contributed by atoms with Gasteiger partial charge in [-0.1, -0.05) is 12.1 Å². The zero-order valence-corrected chi connectivity index (χ0v) is 13.9. The molecule has 0 radical (unpaired) electrons. The van der Waals surface area contributed by atoms with Crippen LogP contribution in [0.1, 0.15) is 17.3 Å². The van der Waals surface area contributed by atoms with Gasteiger partial charge in [-0.05, 0) is 43.3 Å². The fourth-order valence-corrected chi connectivity index (χ4v) is 2.67. The van der Waals surface area contributed by atoms with Crippen LogP contribution >= 0.6 is 0 Å². The predicted molar refractivity (Wildman–Crippen MR) is 90.9 cm³/mol. The second kappa shape index (κ2) is 7.25. The molecule has 3 rings (SSSR count). The molecule has 5 heteroatoms. The summed E-state index contributed by atoms with van der Waals surface area (Å²) in [6.07, 6.45) is -0.179. The first-order valence-electron chi connectivity index (χ1n) is 8.03. The van der Waals surface area contributed by atoms with Gasteiger partial charge in [0.05, 0.1) is 13.7 Å². The molecule has 0 bridgehead atoms. The average Bonchev–Trinajstić information content (AvgIpc) is 2.65. The van der Waals surface area contributed by atoms with E-state index < -0.39 is 0 Å². The summed E-state index contributed by atoms with van der Waals surface area (Å²) in [7, 11) is 1.60. The Morgan fingerprint density at radius 1 is 1.17 bits per heavy atom. The molecule has 0 saturated heterocycles. The maximum absolute atomic E-state index is 12.7. The molecule has 2 aromatic rings. The van der Waals surface area contributed by atoms with Gasteiger partial charge in [0.25, 0.3) is 5.91 Å². The Morgan fingerprint density at radius 2 is 1.88 bits per heavy atom. The number of hydrogen-bond acceptors (Lipinski definition) is 4. The molecule has 2 aromatic carbocycles. The Kier molecular flexibility index (Phi) is 4.89. The number of para-hydroxylation sites is 2. The largest absolute Gasteiger partial charge is 0.497 e. The fraction of sp³-hybridized carbons (Fsp3) is 0.316. The summed E-state index contributed by atoms with van der Waals surface area (Å²) in [6, 6.07) is 14.7. The van der Waals surface area contributed by atoms with E-state index in [1.54, 1.807) is 36.3 Å². The number of carbonyl (C=O) groups is 1. The van der Waals surface area contributed by atoms with Gasteiger partial charge in [-0.25, -0.2) is 0 Å². The Labute approximate surface area is 141 Å². The van der Waals surface area contributed by atoms with Crippen LogP contribution in [-0.2, 0) is 0 Å². The molecule has 24 heavy (non-hydrogen) atoms. The minimum Gasteiger partial charge on any atom is -0.497 e. The molecule has 1 unspecified atom stereocenters. The molecule has 0 aromatic heterocycles. The first kappa shape index (κ1) is 16.2. The lowest BCUT2D eigenvalue weighted by Crippen LogP contribution is -2.43. The molecule has 126 valence electrons. The first-order chi connectivity index (χ1) is 11.7. The van der Waals surface area contributed by atoms with Gasteiger partial charge in [-0.15, -0.1) is 0 Å². The van der Waals surface area contributed by atoms with Crippen molar-refractivity contribution < 1.29 is 19.0 Å². The molecule has 5 nitrogen and oxygen atoms in total. The number of hydrogen-bond donors (Lipinski definition) is 0. The van der Waals surface area contributed by atoms with E-state index in [0.717, 1.165) is 17.2 Å². The molecule has 0 aliphatic carbocycles. The summed E-state index contributed by atoms with van der Waals surface area (Å²) >= 11 is 0. The lowest BCUT2D eigenvalue weighted by molar-refractivity contribution is 0.0475. The van der Waals surface area contributed by atoms with Gasteiger partial charge < -0.3 is 19.1 Å². The Balaban J connectivity index is 1.67. The normalized spacial score (nSPS) is 15.7. The van der Waals surface area contributed by atoms with Gasteiger partial charge in [0.15, 0.2) is 17.6 Å². The molecule has 0 spiro atoms. The van der Waals surface area contributed by atoms with Crippen molar-refractivity contribution in [2.24, 2.45) is 0 Å². The highest BCUT2D eigenvalue weighted by Crippen LogP contribution is 2.31. The van der Waals surface area contributed by atoms with E-state index in [1.807, 2.05) is 31.2 Å². The van der Waals surface area contributed by atoms with Crippen molar-refractivity contribution >= 4 is 5.91 Å². The van der Waals surface area contributed by atoms with Crippen LogP contribution in [0.3, 0.4) is 0 Å². The molecule has 1 heterocycles. The topological polar surface area (TPSA) is 48.0 Å². The highest BCUT2D eigenvalue weighted by atomic mass is 16.6. The molecule has 1 atom stereocenters. The monoisotopic (exact) mass is 327 g/mol. The zero-order valence-electron chi connectivity index (χ0n) is 13.9. The number of fused-ring (bicyclic) bond motifs is 1. The maximum Gasteiger partial charge on any atom is 0.253 e. The summed E-state index contributed by atoms with van der Waals surface area (Å²) < 4.78 is 16.8. The third kappa shape index (κ3) is 3.45. The second-order valence-corrected chi connectivity index (χ2v) is 5.57. The van der Waals surface area contributed by atoms with Crippen LogP contribution < -0.4 is 14.2 Å². The van der Waals surface area contributed by atoms with E-state index in [9.17, 15) is 4.79 Å². The van der Waals surface area contributed by atoms with Gasteiger partial charge in [0.2, 0.25) is 0 Å². The van der Waals surface area contributed by atoms with Crippen LogP contribution in [0.2, 0.25) is 0 Å². The minimum absolute atomic E-state index is 0.0254.